The quantitative estimate of drug-likeness (QED) is 0.720. The van der Waals surface area contributed by atoms with E-state index >= 15 is 0 Å². The van der Waals surface area contributed by atoms with Crippen LogP contribution in [0.3, 0.4) is 0 Å². The molecule has 2 aromatic heterocycles. The third-order valence-electron chi connectivity index (χ3n) is 2.82. The maximum absolute atomic E-state index is 12.5. The Kier molecular flexibility index (Phi) is 5.79. The zero-order valence-corrected chi connectivity index (χ0v) is 15.2. The first-order valence-electron chi connectivity index (χ1n) is 6.31. The minimum Gasteiger partial charge on any atom is -0.242 e. The number of hydrogen-bond acceptors (Lipinski definition) is 4. The van der Waals surface area contributed by atoms with Crippen LogP contribution >= 0.6 is 38.9 Å². The summed E-state index contributed by atoms with van der Waals surface area (Å²) in [5, 5.41) is 1.90. The number of nitrogens with one attached hydrogen (secondary N) is 1. The van der Waals surface area contributed by atoms with Crippen LogP contribution in [-0.4, -0.2) is 13.4 Å². The molecule has 4 nitrogen and oxygen atoms in total. The van der Waals surface area contributed by atoms with Gasteiger partial charge in [-0.05, 0) is 39.9 Å². The van der Waals surface area contributed by atoms with Gasteiger partial charge in [-0.3, -0.25) is 0 Å². The summed E-state index contributed by atoms with van der Waals surface area (Å²) in [5.74, 6) is 0. The lowest BCUT2D eigenvalue weighted by Crippen LogP contribution is -2.28. The Morgan fingerprint density at radius 3 is 2.90 bits per heavy atom. The van der Waals surface area contributed by atoms with Crippen LogP contribution in [0.5, 0.6) is 0 Å². The average molecular weight is 410 g/mol. The number of sulfonamides is 1. The van der Waals surface area contributed by atoms with E-state index in [1.54, 1.807) is 0 Å². The summed E-state index contributed by atoms with van der Waals surface area (Å²) in [5.41, 5.74) is 0. The third kappa shape index (κ3) is 4.26. The van der Waals surface area contributed by atoms with E-state index in [1.165, 1.54) is 23.6 Å². The molecule has 2 heterocycles. The van der Waals surface area contributed by atoms with Gasteiger partial charge in [0.05, 0.1) is 6.04 Å². The van der Waals surface area contributed by atoms with E-state index in [1.807, 2.05) is 24.4 Å². The number of aromatic nitrogens is 1. The van der Waals surface area contributed by atoms with Gasteiger partial charge >= 0.3 is 0 Å². The minimum absolute atomic E-state index is 0.0174. The molecule has 0 aromatic carbocycles. The first-order chi connectivity index (χ1) is 9.94. The lowest BCUT2D eigenvalue weighted by Gasteiger charge is -2.17. The predicted molar refractivity (Wildman–Crippen MR) is 89.2 cm³/mol. The van der Waals surface area contributed by atoms with E-state index in [2.05, 4.69) is 25.6 Å². The molecule has 0 radical (unpaired) electrons. The molecule has 0 saturated heterocycles. The summed E-state index contributed by atoms with van der Waals surface area (Å²) in [4.78, 5) is 4.83. The van der Waals surface area contributed by atoms with Crippen molar-refractivity contribution in [1.82, 2.24) is 9.71 Å². The average Bonchev–Trinajstić information content (AvgIpc) is 2.95. The van der Waals surface area contributed by atoms with E-state index in [4.69, 9.17) is 11.6 Å². The number of nitrogens with zero attached hydrogens (tertiary/aromatic N) is 1. The highest BCUT2D eigenvalue weighted by molar-refractivity contribution is 9.10. The molecule has 114 valence electrons. The number of thiophene rings is 1. The van der Waals surface area contributed by atoms with E-state index in [0.717, 1.165) is 17.7 Å². The zero-order chi connectivity index (χ0) is 15.5. The van der Waals surface area contributed by atoms with Crippen LogP contribution in [0, 0.1) is 0 Å². The fourth-order valence-electron chi connectivity index (χ4n) is 1.88. The van der Waals surface area contributed by atoms with E-state index in [-0.39, 0.29) is 16.1 Å². The van der Waals surface area contributed by atoms with Crippen molar-refractivity contribution in [1.29, 1.82) is 0 Å². The first-order valence-corrected chi connectivity index (χ1v) is 9.84. The fourth-order valence-corrected chi connectivity index (χ4v) is 4.96. The zero-order valence-electron chi connectivity index (χ0n) is 11.2. The van der Waals surface area contributed by atoms with Crippen LogP contribution in [0.2, 0.25) is 5.15 Å². The summed E-state index contributed by atoms with van der Waals surface area (Å²) in [6, 6.07) is 5.03. The molecule has 2 rings (SSSR count). The number of rotatable bonds is 6. The second-order valence-corrected chi connectivity index (χ2v) is 8.36. The molecule has 0 bridgehead atoms. The largest absolute Gasteiger partial charge is 0.244 e. The topological polar surface area (TPSA) is 59.1 Å². The van der Waals surface area contributed by atoms with Crippen molar-refractivity contribution in [2.45, 2.75) is 30.7 Å². The standard InChI is InChI=1S/C13H14BrClN2O2S2/c1-2-4-10(11-5-3-6-20-11)17-21(18,19)12-7-9(14)8-16-13(12)15/h3,5-8,10,17H,2,4H2,1H3. The Bertz CT molecular complexity index is 705. The Hall–Kier alpha value is -0.470. The number of halogens is 2. The van der Waals surface area contributed by atoms with Gasteiger partial charge in [0.2, 0.25) is 10.0 Å². The molecule has 0 aliphatic heterocycles. The third-order valence-corrected chi connectivity index (χ3v) is 6.14. The molecule has 1 N–H and O–H groups in total. The summed E-state index contributed by atoms with van der Waals surface area (Å²) in [6.45, 7) is 2.02. The molecule has 0 spiro atoms. The highest BCUT2D eigenvalue weighted by atomic mass is 79.9. The van der Waals surface area contributed by atoms with Crippen LogP contribution in [0.25, 0.3) is 0 Å². The first kappa shape index (κ1) is 16.9. The molecule has 1 atom stereocenters. The maximum atomic E-state index is 12.5. The van der Waals surface area contributed by atoms with Crippen molar-refractivity contribution >= 4 is 48.9 Å². The lowest BCUT2D eigenvalue weighted by molar-refractivity contribution is 0.540. The van der Waals surface area contributed by atoms with Crippen molar-refractivity contribution in [3.8, 4) is 0 Å². The molecule has 21 heavy (non-hydrogen) atoms. The van der Waals surface area contributed by atoms with Crippen LogP contribution in [0.4, 0.5) is 0 Å². The Labute approximate surface area is 141 Å². The van der Waals surface area contributed by atoms with Gasteiger partial charge in [-0.2, -0.15) is 0 Å². The summed E-state index contributed by atoms with van der Waals surface area (Å²) in [7, 11) is -3.73. The fraction of sp³-hybridized carbons (Fsp3) is 0.308. The molecule has 0 fully saturated rings. The van der Waals surface area contributed by atoms with Gasteiger partial charge in [-0.25, -0.2) is 18.1 Å². The Morgan fingerprint density at radius 2 is 2.29 bits per heavy atom. The van der Waals surface area contributed by atoms with Crippen LogP contribution in [-0.2, 0) is 10.0 Å². The number of hydrogen-bond donors (Lipinski definition) is 1. The highest BCUT2D eigenvalue weighted by Crippen LogP contribution is 2.28. The monoisotopic (exact) mass is 408 g/mol. The highest BCUT2D eigenvalue weighted by Gasteiger charge is 2.24. The SMILES string of the molecule is CCCC(NS(=O)(=O)c1cc(Br)cnc1Cl)c1cccs1. The predicted octanol–water partition coefficient (Wildman–Crippen LogP) is 4.38. The Balaban J connectivity index is 2.32. The van der Waals surface area contributed by atoms with Crippen molar-refractivity contribution in [2.24, 2.45) is 0 Å². The minimum atomic E-state index is -3.73. The van der Waals surface area contributed by atoms with Gasteiger partial charge in [-0.15, -0.1) is 11.3 Å². The van der Waals surface area contributed by atoms with Gasteiger partial charge in [0.25, 0.3) is 0 Å². The van der Waals surface area contributed by atoms with Gasteiger partial charge in [-0.1, -0.05) is 31.0 Å². The van der Waals surface area contributed by atoms with Crippen molar-refractivity contribution in [3.63, 3.8) is 0 Å². The second kappa shape index (κ2) is 7.19. The molecule has 2 aromatic rings. The van der Waals surface area contributed by atoms with Crippen molar-refractivity contribution in [2.75, 3.05) is 0 Å². The van der Waals surface area contributed by atoms with E-state index in [9.17, 15) is 8.42 Å². The van der Waals surface area contributed by atoms with Crippen LogP contribution in [0.15, 0.2) is 39.1 Å². The van der Waals surface area contributed by atoms with Gasteiger partial charge < -0.3 is 0 Å². The van der Waals surface area contributed by atoms with E-state index < -0.39 is 10.0 Å². The summed E-state index contributed by atoms with van der Waals surface area (Å²) in [6.07, 6.45) is 3.05. The molecular weight excluding hydrogens is 396 g/mol. The molecule has 8 heteroatoms. The molecule has 0 aliphatic carbocycles. The normalized spacial score (nSPS) is 13.3. The molecular formula is C13H14BrClN2O2S2. The lowest BCUT2D eigenvalue weighted by atomic mass is 10.1. The molecule has 1 unspecified atom stereocenters. The van der Waals surface area contributed by atoms with Crippen LogP contribution < -0.4 is 4.72 Å². The van der Waals surface area contributed by atoms with Crippen molar-refractivity contribution in [3.05, 3.63) is 44.3 Å². The summed E-state index contributed by atoms with van der Waals surface area (Å²) < 4.78 is 28.4. The van der Waals surface area contributed by atoms with E-state index in [0.29, 0.717) is 4.47 Å². The molecule has 0 aliphatic rings. The Morgan fingerprint density at radius 1 is 1.52 bits per heavy atom. The molecule has 0 amide bonds. The number of pyridine rings is 1. The summed E-state index contributed by atoms with van der Waals surface area (Å²) >= 11 is 10.7. The van der Waals surface area contributed by atoms with Crippen LogP contribution in [0.1, 0.15) is 30.7 Å². The molecule has 0 saturated carbocycles. The van der Waals surface area contributed by atoms with Gasteiger partial charge in [0.15, 0.2) is 0 Å². The van der Waals surface area contributed by atoms with Crippen molar-refractivity contribution < 1.29 is 8.42 Å². The van der Waals surface area contributed by atoms with Gasteiger partial charge in [0, 0.05) is 15.5 Å². The maximum Gasteiger partial charge on any atom is 0.244 e. The second-order valence-electron chi connectivity index (χ2n) is 4.42. The smallest absolute Gasteiger partial charge is 0.242 e. The van der Waals surface area contributed by atoms with Gasteiger partial charge in [0.1, 0.15) is 10.0 Å².